The minimum atomic E-state index is -0.220. The van der Waals surface area contributed by atoms with Crippen LogP contribution < -0.4 is 5.32 Å². The number of aromatic nitrogens is 2. The fourth-order valence-electron chi connectivity index (χ4n) is 2.27. The first-order valence-electron chi connectivity index (χ1n) is 5.94. The molecule has 0 bridgehead atoms. The Morgan fingerprint density at radius 1 is 1.38 bits per heavy atom. The molecule has 2 rings (SSSR count). The molecule has 1 saturated carbocycles. The van der Waals surface area contributed by atoms with Gasteiger partial charge in [-0.2, -0.15) is 4.37 Å². The predicted octanol–water partition coefficient (Wildman–Crippen LogP) is 2.78. The monoisotopic (exact) mass is 241 g/mol. The second-order valence-corrected chi connectivity index (χ2v) is 4.96. The summed E-state index contributed by atoms with van der Waals surface area (Å²) in [4.78, 5) is 4.54. The number of anilines is 1. The first kappa shape index (κ1) is 11.8. The zero-order valence-corrected chi connectivity index (χ0v) is 10.8. The van der Waals surface area contributed by atoms with Crippen molar-refractivity contribution in [1.82, 2.24) is 9.36 Å². The molecule has 4 nitrogen and oxygen atoms in total. The summed E-state index contributed by atoms with van der Waals surface area (Å²) in [6, 6.07) is 0. The lowest BCUT2D eigenvalue weighted by Crippen LogP contribution is -2.32. The molecular formula is C11H19N3OS. The Kier molecular flexibility index (Phi) is 3.76. The second kappa shape index (κ2) is 5.10. The topological polar surface area (TPSA) is 47.0 Å². The van der Waals surface area contributed by atoms with Crippen LogP contribution in [-0.4, -0.2) is 23.0 Å². The number of nitrogens with zero attached hydrogens (tertiary/aromatic N) is 2. The predicted molar refractivity (Wildman–Crippen MR) is 65.8 cm³/mol. The van der Waals surface area contributed by atoms with Gasteiger partial charge in [0, 0.05) is 25.2 Å². The molecule has 1 aromatic heterocycles. The Bertz CT molecular complexity index is 334. The molecule has 0 atom stereocenters. The summed E-state index contributed by atoms with van der Waals surface area (Å²) in [7, 11) is 1.78. The van der Waals surface area contributed by atoms with E-state index < -0.39 is 0 Å². The van der Waals surface area contributed by atoms with E-state index in [4.69, 9.17) is 4.74 Å². The highest BCUT2D eigenvalue weighted by atomic mass is 32.1. The molecule has 1 aromatic rings. The third-order valence-electron chi connectivity index (χ3n) is 3.21. The standard InChI is InChI=1S/C11H19N3OS/c1-3-12-10-13-9(14-16-10)11(15-2)7-5-4-6-8-11/h3-8H2,1-2H3,(H,12,13,14). The molecule has 0 saturated heterocycles. The summed E-state index contributed by atoms with van der Waals surface area (Å²) in [5, 5.41) is 4.10. The van der Waals surface area contributed by atoms with Gasteiger partial charge in [0.25, 0.3) is 0 Å². The Morgan fingerprint density at radius 2 is 2.12 bits per heavy atom. The van der Waals surface area contributed by atoms with Crippen molar-refractivity contribution in [2.75, 3.05) is 19.0 Å². The van der Waals surface area contributed by atoms with Gasteiger partial charge in [0.1, 0.15) is 5.60 Å². The van der Waals surface area contributed by atoms with Crippen molar-refractivity contribution in [3.63, 3.8) is 0 Å². The Morgan fingerprint density at radius 3 is 2.75 bits per heavy atom. The third-order valence-corrected chi connectivity index (χ3v) is 3.89. The molecule has 0 aliphatic heterocycles. The fourth-order valence-corrected chi connectivity index (χ4v) is 2.99. The molecule has 0 spiro atoms. The Labute approximate surface area is 101 Å². The maximum Gasteiger partial charge on any atom is 0.202 e. The second-order valence-electron chi connectivity index (χ2n) is 4.21. The van der Waals surface area contributed by atoms with E-state index in [2.05, 4.69) is 21.6 Å². The van der Waals surface area contributed by atoms with Crippen molar-refractivity contribution in [2.45, 2.75) is 44.6 Å². The van der Waals surface area contributed by atoms with Crippen molar-refractivity contribution < 1.29 is 4.74 Å². The van der Waals surface area contributed by atoms with Crippen LogP contribution in [-0.2, 0) is 10.3 Å². The molecule has 1 N–H and O–H groups in total. The molecule has 0 unspecified atom stereocenters. The highest BCUT2D eigenvalue weighted by molar-refractivity contribution is 7.09. The van der Waals surface area contributed by atoms with Crippen LogP contribution in [0.25, 0.3) is 0 Å². The Hall–Kier alpha value is -0.680. The van der Waals surface area contributed by atoms with E-state index in [9.17, 15) is 0 Å². The molecule has 1 aliphatic carbocycles. The summed E-state index contributed by atoms with van der Waals surface area (Å²) in [5.41, 5.74) is -0.220. The van der Waals surface area contributed by atoms with Crippen molar-refractivity contribution in [3.05, 3.63) is 5.82 Å². The smallest absolute Gasteiger partial charge is 0.202 e. The summed E-state index contributed by atoms with van der Waals surface area (Å²) in [6.07, 6.45) is 5.82. The van der Waals surface area contributed by atoms with E-state index in [0.717, 1.165) is 30.3 Å². The maximum absolute atomic E-state index is 5.71. The molecular weight excluding hydrogens is 222 g/mol. The van der Waals surface area contributed by atoms with Crippen LogP contribution in [0.1, 0.15) is 44.9 Å². The van der Waals surface area contributed by atoms with Gasteiger partial charge in [0.15, 0.2) is 5.82 Å². The van der Waals surface area contributed by atoms with Crippen molar-refractivity contribution in [2.24, 2.45) is 0 Å². The number of hydrogen-bond acceptors (Lipinski definition) is 5. The van der Waals surface area contributed by atoms with Crippen LogP contribution in [0, 0.1) is 0 Å². The summed E-state index contributed by atoms with van der Waals surface area (Å²) >= 11 is 1.43. The largest absolute Gasteiger partial charge is 0.370 e. The highest BCUT2D eigenvalue weighted by Gasteiger charge is 2.37. The first-order valence-corrected chi connectivity index (χ1v) is 6.71. The quantitative estimate of drug-likeness (QED) is 0.880. The van der Waals surface area contributed by atoms with Crippen LogP contribution in [0.5, 0.6) is 0 Å². The van der Waals surface area contributed by atoms with Crippen LogP contribution in [0.15, 0.2) is 0 Å². The minimum absolute atomic E-state index is 0.220. The van der Waals surface area contributed by atoms with E-state index in [0.29, 0.717) is 0 Å². The summed E-state index contributed by atoms with van der Waals surface area (Å²) < 4.78 is 10.2. The normalized spacial score (nSPS) is 19.6. The maximum atomic E-state index is 5.71. The van der Waals surface area contributed by atoms with E-state index in [1.807, 2.05) is 0 Å². The van der Waals surface area contributed by atoms with Crippen LogP contribution in [0.4, 0.5) is 5.13 Å². The van der Waals surface area contributed by atoms with Crippen LogP contribution >= 0.6 is 11.5 Å². The van der Waals surface area contributed by atoms with Gasteiger partial charge >= 0.3 is 0 Å². The lowest BCUT2D eigenvalue weighted by atomic mass is 9.84. The first-order chi connectivity index (χ1) is 7.80. The van der Waals surface area contributed by atoms with Gasteiger partial charge in [-0.3, -0.25) is 0 Å². The summed E-state index contributed by atoms with van der Waals surface area (Å²) in [5.74, 6) is 0.871. The van der Waals surface area contributed by atoms with Crippen LogP contribution in [0.2, 0.25) is 0 Å². The van der Waals surface area contributed by atoms with E-state index in [-0.39, 0.29) is 5.60 Å². The average molecular weight is 241 g/mol. The molecule has 1 aliphatic rings. The Balaban J connectivity index is 2.18. The van der Waals surface area contributed by atoms with Gasteiger partial charge in [0.2, 0.25) is 5.13 Å². The van der Waals surface area contributed by atoms with Gasteiger partial charge < -0.3 is 10.1 Å². The summed E-state index contributed by atoms with van der Waals surface area (Å²) in [6.45, 7) is 2.95. The van der Waals surface area contributed by atoms with Crippen molar-refractivity contribution >= 4 is 16.7 Å². The third kappa shape index (κ3) is 2.20. The highest BCUT2D eigenvalue weighted by Crippen LogP contribution is 2.39. The van der Waals surface area contributed by atoms with Gasteiger partial charge in [-0.15, -0.1) is 0 Å². The lowest BCUT2D eigenvalue weighted by Gasteiger charge is -2.33. The van der Waals surface area contributed by atoms with E-state index in [1.54, 1.807) is 7.11 Å². The molecule has 16 heavy (non-hydrogen) atoms. The fraction of sp³-hybridized carbons (Fsp3) is 0.818. The zero-order chi connectivity index (χ0) is 11.4. The van der Waals surface area contributed by atoms with E-state index >= 15 is 0 Å². The molecule has 1 fully saturated rings. The van der Waals surface area contributed by atoms with Gasteiger partial charge in [-0.05, 0) is 19.8 Å². The van der Waals surface area contributed by atoms with Crippen molar-refractivity contribution in [1.29, 1.82) is 0 Å². The lowest BCUT2D eigenvalue weighted by molar-refractivity contribution is -0.0505. The molecule has 5 heteroatoms. The van der Waals surface area contributed by atoms with E-state index in [1.165, 1.54) is 30.8 Å². The zero-order valence-electron chi connectivity index (χ0n) is 9.95. The van der Waals surface area contributed by atoms with Gasteiger partial charge in [0.05, 0.1) is 0 Å². The van der Waals surface area contributed by atoms with Crippen LogP contribution in [0.3, 0.4) is 0 Å². The average Bonchev–Trinajstić information content (AvgIpc) is 2.80. The number of methoxy groups -OCH3 is 1. The van der Waals surface area contributed by atoms with Crippen molar-refractivity contribution in [3.8, 4) is 0 Å². The minimum Gasteiger partial charge on any atom is -0.370 e. The molecule has 90 valence electrons. The molecule has 0 amide bonds. The SMILES string of the molecule is CCNc1nc(C2(OC)CCCCC2)ns1. The molecule has 0 aromatic carbocycles. The molecule has 1 heterocycles. The number of hydrogen-bond donors (Lipinski definition) is 1. The molecule has 0 radical (unpaired) electrons. The van der Waals surface area contributed by atoms with Gasteiger partial charge in [-0.25, -0.2) is 4.98 Å². The number of nitrogens with one attached hydrogen (secondary N) is 1. The van der Waals surface area contributed by atoms with Gasteiger partial charge in [-0.1, -0.05) is 19.3 Å². The number of ether oxygens (including phenoxy) is 1. The number of rotatable bonds is 4.